The molecule has 0 aromatic heterocycles. The minimum absolute atomic E-state index is 0. The molecule has 0 aliphatic rings. The maximum absolute atomic E-state index is 3.79. The van der Waals surface area contributed by atoms with Crippen LogP contribution in [0.15, 0.2) is 0 Å². The summed E-state index contributed by atoms with van der Waals surface area (Å²) in [6.45, 7) is 0. The van der Waals surface area contributed by atoms with Crippen LogP contribution in [0.4, 0.5) is 0 Å². The average Bonchev–Trinajstić information content (AvgIpc) is 1.00. The van der Waals surface area contributed by atoms with Gasteiger partial charge in [-0.15, -0.1) is 0 Å². The third-order valence-corrected chi connectivity index (χ3v) is 0. The Labute approximate surface area is 63.5 Å². The van der Waals surface area contributed by atoms with E-state index >= 15 is 0 Å². The molecule has 0 amide bonds. The van der Waals surface area contributed by atoms with Gasteiger partial charge in [0.2, 0.25) is 0 Å². The van der Waals surface area contributed by atoms with Crippen molar-refractivity contribution in [2.45, 2.75) is 0 Å². The van der Waals surface area contributed by atoms with Crippen LogP contribution in [0.3, 0.4) is 0 Å². The van der Waals surface area contributed by atoms with Gasteiger partial charge >= 0.3 is 47.0 Å². The third-order valence-electron chi connectivity index (χ3n) is 0. The summed E-state index contributed by atoms with van der Waals surface area (Å²) in [4.78, 5) is 0. The SMILES string of the molecule is [Cu].[PH2][Ni].[SnH2]. The molecule has 0 bridgehead atoms. The van der Waals surface area contributed by atoms with E-state index in [0.29, 0.717) is 0 Å². The van der Waals surface area contributed by atoms with Crippen LogP contribution >= 0.6 is 8.01 Å². The summed E-state index contributed by atoms with van der Waals surface area (Å²) in [5.41, 5.74) is 0. The van der Waals surface area contributed by atoms with Crippen LogP contribution in [0, 0.1) is 0 Å². The molecular formula is H4CuNiPSn. The fourth-order valence-corrected chi connectivity index (χ4v) is 0. The molecule has 1 unspecified atom stereocenters. The van der Waals surface area contributed by atoms with Crippen molar-refractivity contribution in [3.63, 3.8) is 0 Å². The van der Waals surface area contributed by atoms with E-state index in [1.165, 1.54) is 0 Å². The molecule has 0 aliphatic carbocycles. The van der Waals surface area contributed by atoms with E-state index in [1.54, 1.807) is 0 Å². The standard InChI is InChI=1S/Cu.Ni.H2P.Sn.2H/h;;1H2;;;/q;+1;-1;;;. The molecule has 3 radical (unpaired) electrons. The van der Waals surface area contributed by atoms with Crippen molar-refractivity contribution in [3.8, 4) is 0 Å². The number of hydrogen-bond acceptors (Lipinski definition) is 0. The van der Waals surface area contributed by atoms with Crippen LogP contribution in [-0.2, 0) is 32.1 Å². The van der Waals surface area contributed by atoms with Gasteiger partial charge in [0, 0.05) is 17.1 Å². The van der Waals surface area contributed by atoms with Crippen molar-refractivity contribution < 1.29 is 32.1 Å². The summed E-state index contributed by atoms with van der Waals surface area (Å²) in [5.74, 6) is 0. The van der Waals surface area contributed by atoms with Crippen LogP contribution in [-0.4, -0.2) is 23.9 Å². The predicted octanol–water partition coefficient (Wildman–Crippen LogP) is -0.595. The Hall–Kier alpha value is 2.24. The van der Waals surface area contributed by atoms with Crippen LogP contribution in [0.1, 0.15) is 0 Å². The van der Waals surface area contributed by atoms with E-state index in [1.807, 2.05) is 8.01 Å². The molecule has 0 saturated carbocycles. The molecule has 4 heteroatoms. The second-order valence-electron chi connectivity index (χ2n) is 0. The first-order valence-electron chi connectivity index (χ1n) is 0.183. The number of hydrogen-bond donors (Lipinski definition) is 0. The Kier molecular flexibility index (Phi) is 76.6. The van der Waals surface area contributed by atoms with E-state index < -0.39 is 0 Å². The van der Waals surface area contributed by atoms with Gasteiger partial charge in [-0.1, -0.05) is 0 Å². The third kappa shape index (κ3) is 8.87. The maximum atomic E-state index is 3.79. The molecule has 0 spiro atoms. The first-order chi connectivity index (χ1) is 1.00. The van der Waals surface area contributed by atoms with Gasteiger partial charge in [0.05, 0.1) is 0 Å². The Morgan fingerprint density at radius 2 is 1.25 bits per heavy atom. The first kappa shape index (κ1) is 16.3. The first-order valence-corrected chi connectivity index (χ1v) is 2.26. The molecule has 0 nitrogen and oxygen atoms in total. The second-order valence-corrected chi connectivity index (χ2v) is 0. The molecule has 0 fully saturated rings. The van der Waals surface area contributed by atoms with Crippen molar-refractivity contribution in [3.05, 3.63) is 0 Å². The fraction of sp³-hybridized carbons (Fsp3) is 0. The Balaban J connectivity index is -0.00000000500. The molecule has 0 aliphatic heterocycles. The molecular weight excluding hydrogens is 272 g/mol. The monoisotopic (exact) mass is 276 g/mol. The summed E-state index contributed by atoms with van der Waals surface area (Å²) >= 11 is 3.79. The molecule has 4 heavy (non-hydrogen) atoms. The molecule has 0 rings (SSSR count). The Bertz CT molecular complexity index is 8.00. The van der Waals surface area contributed by atoms with Gasteiger partial charge in [-0.05, 0) is 0 Å². The summed E-state index contributed by atoms with van der Waals surface area (Å²) in [7, 11) is 2.04. The van der Waals surface area contributed by atoms with E-state index in [4.69, 9.17) is 0 Å². The second kappa shape index (κ2) is 18.8. The van der Waals surface area contributed by atoms with Crippen molar-refractivity contribution in [1.29, 1.82) is 0 Å². The van der Waals surface area contributed by atoms with Crippen molar-refractivity contribution in [2.24, 2.45) is 0 Å². The number of rotatable bonds is 0. The van der Waals surface area contributed by atoms with Crippen molar-refractivity contribution in [2.75, 3.05) is 0 Å². The van der Waals surface area contributed by atoms with Gasteiger partial charge in [0.1, 0.15) is 0 Å². The van der Waals surface area contributed by atoms with Gasteiger partial charge in [0.25, 0.3) is 0 Å². The van der Waals surface area contributed by atoms with Crippen molar-refractivity contribution >= 4 is 31.9 Å². The molecule has 0 N–H and O–H groups in total. The van der Waals surface area contributed by atoms with E-state index in [9.17, 15) is 0 Å². The van der Waals surface area contributed by atoms with Gasteiger partial charge in [-0.2, -0.15) is 0 Å². The van der Waals surface area contributed by atoms with Crippen LogP contribution in [0.5, 0.6) is 0 Å². The van der Waals surface area contributed by atoms with Crippen LogP contribution in [0.25, 0.3) is 0 Å². The topological polar surface area (TPSA) is 0 Å². The molecule has 1 atom stereocenters. The van der Waals surface area contributed by atoms with Crippen molar-refractivity contribution in [1.82, 2.24) is 0 Å². The summed E-state index contributed by atoms with van der Waals surface area (Å²) in [6, 6.07) is 0. The average molecular weight is 276 g/mol. The Morgan fingerprint density at radius 3 is 1.25 bits per heavy atom. The Morgan fingerprint density at radius 1 is 1.25 bits per heavy atom. The van der Waals surface area contributed by atoms with Gasteiger partial charge < -0.3 is 0 Å². The normalized spacial score (nSPS) is 1.75. The molecule has 0 heterocycles. The summed E-state index contributed by atoms with van der Waals surface area (Å²) in [6.07, 6.45) is 0. The molecule has 0 aromatic rings. The molecule has 0 aromatic carbocycles. The zero-order valence-corrected chi connectivity index (χ0v) is 9.02. The van der Waals surface area contributed by atoms with Gasteiger partial charge in [-0.25, -0.2) is 0 Å². The van der Waals surface area contributed by atoms with E-state index in [-0.39, 0.29) is 41.0 Å². The van der Waals surface area contributed by atoms with E-state index in [0.717, 1.165) is 0 Å². The van der Waals surface area contributed by atoms with Crippen LogP contribution in [0.2, 0.25) is 0 Å². The molecule has 34 valence electrons. The predicted molar refractivity (Wildman–Crippen MR) is 18.3 cm³/mol. The van der Waals surface area contributed by atoms with Gasteiger partial charge in [0.15, 0.2) is 0 Å². The fourth-order valence-electron chi connectivity index (χ4n) is 0. The molecule has 0 saturated heterocycles. The summed E-state index contributed by atoms with van der Waals surface area (Å²) in [5, 5.41) is 0. The van der Waals surface area contributed by atoms with Gasteiger partial charge in [-0.3, -0.25) is 0 Å². The quantitative estimate of drug-likeness (QED) is 0.409. The zero-order chi connectivity index (χ0) is 2.00. The zero-order valence-electron chi connectivity index (χ0n) is 1.90. The summed E-state index contributed by atoms with van der Waals surface area (Å²) < 4.78 is 0. The minimum atomic E-state index is 0. The van der Waals surface area contributed by atoms with E-state index in [2.05, 4.69) is 15.0 Å². The van der Waals surface area contributed by atoms with Crippen LogP contribution < -0.4 is 0 Å².